The molecular formula is C8H13N3O2. The van der Waals surface area contributed by atoms with Crippen molar-refractivity contribution in [1.82, 2.24) is 9.71 Å². The van der Waals surface area contributed by atoms with Crippen molar-refractivity contribution in [2.24, 2.45) is 5.73 Å². The lowest BCUT2D eigenvalue weighted by Gasteiger charge is -2.00. The Balaban J connectivity index is 2.58. The van der Waals surface area contributed by atoms with E-state index in [4.69, 9.17) is 10.6 Å². The van der Waals surface area contributed by atoms with Crippen LogP contribution in [0.3, 0.4) is 0 Å². The van der Waals surface area contributed by atoms with Crippen molar-refractivity contribution >= 4 is 5.97 Å². The van der Waals surface area contributed by atoms with Crippen molar-refractivity contribution in [3.05, 3.63) is 18.2 Å². The smallest absolute Gasteiger partial charge is 0.329 e. The van der Waals surface area contributed by atoms with Gasteiger partial charge in [0.1, 0.15) is 6.33 Å². The van der Waals surface area contributed by atoms with E-state index in [0.29, 0.717) is 6.42 Å². The summed E-state index contributed by atoms with van der Waals surface area (Å²) in [5.41, 5.74) is 6.39. The van der Waals surface area contributed by atoms with Gasteiger partial charge in [0.25, 0.3) is 0 Å². The molecule has 5 heteroatoms. The molecule has 0 bridgehead atoms. The summed E-state index contributed by atoms with van der Waals surface area (Å²) in [4.78, 5) is 19.3. The fraction of sp³-hybridized carbons (Fsp3) is 0.500. The molecule has 5 nitrogen and oxygen atoms in total. The van der Waals surface area contributed by atoms with Crippen LogP contribution in [0.2, 0.25) is 0 Å². The van der Waals surface area contributed by atoms with Gasteiger partial charge in [0.05, 0.1) is 11.9 Å². The second kappa shape index (κ2) is 4.04. The van der Waals surface area contributed by atoms with E-state index in [2.05, 4.69) is 4.98 Å². The van der Waals surface area contributed by atoms with E-state index < -0.39 is 0 Å². The van der Waals surface area contributed by atoms with Crippen LogP contribution in [0.4, 0.5) is 0 Å². The second-order valence-corrected chi connectivity index (χ2v) is 2.99. The van der Waals surface area contributed by atoms with Crippen LogP contribution in [-0.2, 0) is 11.2 Å². The van der Waals surface area contributed by atoms with Crippen LogP contribution < -0.4 is 10.6 Å². The molecule has 72 valence electrons. The number of nitrogens with two attached hydrogens (primary N) is 1. The average molecular weight is 183 g/mol. The first-order valence-corrected chi connectivity index (χ1v) is 4.05. The number of hydrogen-bond donors (Lipinski definition) is 1. The highest BCUT2D eigenvalue weighted by molar-refractivity contribution is 5.66. The predicted molar refractivity (Wildman–Crippen MR) is 46.8 cm³/mol. The number of nitrogens with zero attached hydrogens (tertiary/aromatic N) is 2. The summed E-state index contributed by atoms with van der Waals surface area (Å²) >= 11 is 0. The quantitative estimate of drug-likeness (QED) is 0.701. The molecule has 1 rings (SSSR count). The van der Waals surface area contributed by atoms with E-state index in [1.165, 1.54) is 18.0 Å². The molecule has 0 spiro atoms. The minimum Gasteiger partial charge on any atom is -0.336 e. The molecule has 0 aliphatic heterocycles. The third-order valence-corrected chi connectivity index (χ3v) is 1.38. The lowest BCUT2D eigenvalue weighted by Crippen LogP contribution is -2.18. The Kier molecular flexibility index (Phi) is 3.02. The maximum Gasteiger partial charge on any atom is 0.329 e. The molecule has 13 heavy (non-hydrogen) atoms. The molecule has 0 unspecified atom stereocenters. The van der Waals surface area contributed by atoms with Crippen molar-refractivity contribution in [3.8, 4) is 0 Å². The molecule has 1 heterocycles. The van der Waals surface area contributed by atoms with E-state index in [1.807, 2.05) is 6.92 Å². The van der Waals surface area contributed by atoms with Crippen LogP contribution in [0.25, 0.3) is 0 Å². The van der Waals surface area contributed by atoms with Gasteiger partial charge in [0, 0.05) is 19.4 Å². The number of aromatic nitrogens is 2. The lowest BCUT2D eigenvalue weighted by atomic mass is 10.2. The van der Waals surface area contributed by atoms with Gasteiger partial charge in [-0.15, -0.1) is 0 Å². The van der Waals surface area contributed by atoms with Gasteiger partial charge in [-0.3, -0.25) is 0 Å². The summed E-state index contributed by atoms with van der Waals surface area (Å²) < 4.78 is 1.28. The molecular weight excluding hydrogens is 170 g/mol. The lowest BCUT2D eigenvalue weighted by molar-refractivity contribution is -0.141. The van der Waals surface area contributed by atoms with Gasteiger partial charge in [0.15, 0.2) is 0 Å². The number of carbonyl (C=O) groups excluding carboxylic acids is 1. The minimum absolute atomic E-state index is 0.0562. The van der Waals surface area contributed by atoms with Gasteiger partial charge in [-0.1, -0.05) is 0 Å². The Labute approximate surface area is 76.5 Å². The van der Waals surface area contributed by atoms with Crippen LogP contribution in [0.1, 0.15) is 19.5 Å². The number of carbonyl (C=O) groups is 1. The highest BCUT2D eigenvalue weighted by Gasteiger charge is 2.03. The molecule has 0 amide bonds. The van der Waals surface area contributed by atoms with Gasteiger partial charge in [-0.25, -0.2) is 9.78 Å². The summed E-state index contributed by atoms with van der Waals surface area (Å²) in [6, 6.07) is 0.0562. The van der Waals surface area contributed by atoms with E-state index >= 15 is 0 Å². The standard InChI is InChI=1S/C8H13N3O2/c1-6(9)3-8-4-11(5-10-8)13-7(2)12/h4-6H,3,9H2,1-2H3/t6-/m1/s1. The first kappa shape index (κ1) is 9.73. The van der Waals surface area contributed by atoms with Crippen molar-refractivity contribution in [2.45, 2.75) is 26.3 Å². The molecule has 0 aliphatic carbocycles. The highest BCUT2D eigenvalue weighted by Crippen LogP contribution is 1.97. The van der Waals surface area contributed by atoms with Crippen molar-refractivity contribution in [1.29, 1.82) is 0 Å². The first-order chi connectivity index (χ1) is 6.08. The van der Waals surface area contributed by atoms with E-state index in [1.54, 1.807) is 6.20 Å². The predicted octanol–water partition coefficient (Wildman–Crippen LogP) is -0.252. The van der Waals surface area contributed by atoms with Gasteiger partial charge in [0.2, 0.25) is 0 Å². The van der Waals surface area contributed by atoms with Gasteiger partial charge < -0.3 is 10.6 Å². The van der Waals surface area contributed by atoms with E-state index in [-0.39, 0.29) is 12.0 Å². The zero-order valence-corrected chi connectivity index (χ0v) is 7.73. The third-order valence-electron chi connectivity index (χ3n) is 1.38. The van der Waals surface area contributed by atoms with Crippen LogP contribution in [0.5, 0.6) is 0 Å². The summed E-state index contributed by atoms with van der Waals surface area (Å²) in [5, 5.41) is 0. The fourth-order valence-electron chi connectivity index (χ4n) is 0.978. The summed E-state index contributed by atoms with van der Waals surface area (Å²) in [6.45, 7) is 3.23. The SMILES string of the molecule is CC(=O)On1cnc(C[C@@H](C)N)c1. The number of hydrogen-bond acceptors (Lipinski definition) is 4. The summed E-state index contributed by atoms with van der Waals surface area (Å²) in [5.74, 6) is -0.371. The van der Waals surface area contributed by atoms with Crippen LogP contribution in [0.15, 0.2) is 12.5 Å². The maximum atomic E-state index is 10.5. The third kappa shape index (κ3) is 3.25. The molecule has 0 radical (unpaired) electrons. The number of rotatable bonds is 3. The maximum absolute atomic E-state index is 10.5. The molecule has 0 saturated heterocycles. The zero-order valence-electron chi connectivity index (χ0n) is 7.73. The highest BCUT2D eigenvalue weighted by atomic mass is 16.7. The molecule has 0 fully saturated rings. The summed E-state index contributed by atoms with van der Waals surface area (Å²) in [6.07, 6.45) is 3.76. The Morgan fingerprint density at radius 1 is 1.85 bits per heavy atom. The fourth-order valence-corrected chi connectivity index (χ4v) is 0.978. The topological polar surface area (TPSA) is 70.1 Å². The normalized spacial score (nSPS) is 12.5. The molecule has 1 aromatic heterocycles. The van der Waals surface area contributed by atoms with Gasteiger partial charge in [-0.2, -0.15) is 4.73 Å². The molecule has 2 N–H and O–H groups in total. The first-order valence-electron chi connectivity index (χ1n) is 4.05. The molecule has 0 aliphatic rings. The molecule has 1 aromatic rings. The van der Waals surface area contributed by atoms with Crippen LogP contribution >= 0.6 is 0 Å². The van der Waals surface area contributed by atoms with Crippen LogP contribution in [-0.4, -0.2) is 21.7 Å². The Hall–Kier alpha value is -1.36. The second-order valence-electron chi connectivity index (χ2n) is 2.99. The van der Waals surface area contributed by atoms with Crippen molar-refractivity contribution < 1.29 is 9.63 Å². The van der Waals surface area contributed by atoms with Gasteiger partial charge >= 0.3 is 5.97 Å². The average Bonchev–Trinajstić information content (AvgIpc) is 2.33. The number of imidazole rings is 1. The zero-order chi connectivity index (χ0) is 9.84. The van der Waals surface area contributed by atoms with E-state index in [9.17, 15) is 4.79 Å². The minimum atomic E-state index is -0.371. The Bertz CT molecular complexity index is 293. The van der Waals surface area contributed by atoms with E-state index in [0.717, 1.165) is 5.69 Å². The summed E-state index contributed by atoms with van der Waals surface area (Å²) in [7, 11) is 0. The Morgan fingerprint density at radius 3 is 3.08 bits per heavy atom. The molecule has 0 saturated carbocycles. The Morgan fingerprint density at radius 2 is 2.54 bits per heavy atom. The molecule has 1 atom stereocenters. The molecule has 0 aromatic carbocycles. The van der Waals surface area contributed by atoms with Crippen LogP contribution in [0, 0.1) is 0 Å². The largest absolute Gasteiger partial charge is 0.336 e. The van der Waals surface area contributed by atoms with Crippen molar-refractivity contribution in [3.63, 3.8) is 0 Å². The monoisotopic (exact) mass is 183 g/mol. The van der Waals surface area contributed by atoms with Gasteiger partial charge in [-0.05, 0) is 6.92 Å². The van der Waals surface area contributed by atoms with Crippen molar-refractivity contribution in [2.75, 3.05) is 0 Å².